The van der Waals surface area contributed by atoms with Gasteiger partial charge in [0, 0.05) is 12.1 Å². The van der Waals surface area contributed by atoms with Crippen molar-refractivity contribution < 1.29 is 19.0 Å². The van der Waals surface area contributed by atoms with Crippen LogP contribution in [0.2, 0.25) is 0 Å². The fourth-order valence-corrected chi connectivity index (χ4v) is 3.66. The number of benzene rings is 2. The molecule has 3 aromatic rings. The first-order valence-electron chi connectivity index (χ1n) is 10.3. The largest absolute Gasteiger partial charge is 0.494 e. The number of hydrogen-bond donors (Lipinski definition) is 1. The molecule has 0 spiro atoms. The Hall–Kier alpha value is -3.26. The molecule has 0 aliphatic carbocycles. The third-order valence-corrected chi connectivity index (χ3v) is 5.56. The molecule has 3 rings (SSSR count). The molecular weight excluding hydrogens is 426 g/mol. The number of aromatic nitrogens is 2. The number of methoxy groups -OCH3 is 2. The van der Waals surface area contributed by atoms with Crippen LogP contribution < -0.4 is 19.5 Å². The summed E-state index contributed by atoms with van der Waals surface area (Å²) >= 11 is 1.36. The van der Waals surface area contributed by atoms with Gasteiger partial charge in [-0.3, -0.25) is 4.79 Å². The molecule has 1 N–H and O–H groups in total. The number of nitrogens with one attached hydrogen (secondary N) is 1. The molecule has 0 aliphatic heterocycles. The molecule has 1 heterocycles. The van der Waals surface area contributed by atoms with Crippen molar-refractivity contribution in [3.8, 4) is 28.5 Å². The van der Waals surface area contributed by atoms with Gasteiger partial charge in [0.25, 0.3) is 0 Å². The Bertz CT molecular complexity index is 1010. The minimum Gasteiger partial charge on any atom is -0.494 e. The Morgan fingerprint density at radius 1 is 0.969 bits per heavy atom. The highest BCUT2D eigenvalue weighted by Crippen LogP contribution is 2.27. The van der Waals surface area contributed by atoms with Crippen LogP contribution >= 0.6 is 11.8 Å². The van der Waals surface area contributed by atoms with Gasteiger partial charge in [-0.25, -0.2) is 0 Å². The average molecular weight is 454 g/mol. The SMILES string of the molecule is CCOc1ccc(-c2ccc(SCC(=O)NCCc3ccc(OC)c(OC)c3)nn2)cc1. The van der Waals surface area contributed by atoms with E-state index >= 15 is 0 Å². The zero-order valence-corrected chi connectivity index (χ0v) is 19.3. The summed E-state index contributed by atoms with van der Waals surface area (Å²) < 4.78 is 16.0. The van der Waals surface area contributed by atoms with Gasteiger partial charge < -0.3 is 19.5 Å². The van der Waals surface area contributed by atoms with E-state index in [0.717, 1.165) is 22.6 Å². The van der Waals surface area contributed by atoms with Gasteiger partial charge in [-0.15, -0.1) is 10.2 Å². The minimum atomic E-state index is -0.0483. The van der Waals surface area contributed by atoms with E-state index in [0.29, 0.717) is 36.1 Å². The van der Waals surface area contributed by atoms with Crippen LogP contribution in [0.25, 0.3) is 11.3 Å². The zero-order valence-electron chi connectivity index (χ0n) is 18.5. The monoisotopic (exact) mass is 453 g/mol. The van der Waals surface area contributed by atoms with Gasteiger partial charge >= 0.3 is 0 Å². The molecule has 0 bridgehead atoms. The Kier molecular flexibility index (Phi) is 8.74. The average Bonchev–Trinajstić information content (AvgIpc) is 2.83. The number of carbonyl (C=O) groups is 1. The molecule has 0 unspecified atom stereocenters. The first kappa shape index (κ1) is 23.4. The van der Waals surface area contributed by atoms with Crippen LogP contribution in [0.15, 0.2) is 59.6 Å². The molecule has 0 aliphatic rings. The second-order valence-electron chi connectivity index (χ2n) is 6.79. The van der Waals surface area contributed by atoms with Gasteiger partial charge in [-0.05, 0) is 67.4 Å². The van der Waals surface area contributed by atoms with E-state index < -0.39 is 0 Å². The topological polar surface area (TPSA) is 82.6 Å². The van der Waals surface area contributed by atoms with E-state index in [-0.39, 0.29) is 11.7 Å². The molecule has 1 aromatic heterocycles. The molecule has 0 radical (unpaired) electrons. The number of amides is 1. The Morgan fingerprint density at radius 3 is 2.41 bits per heavy atom. The summed E-state index contributed by atoms with van der Waals surface area (Å²) in [6, 6.07) is 17.2. The molecular formula is C24H27N3O4S. The molecule has 0 saturated heterocycles. The molecule has 0 fully saturated rings. The Morgan fingerprint density at radius 2 is 1.75 bits per heavy atom. The lowest BCUT2D eigenvalue weighted by molar-refractivity contribution is -0.118. The molecule has 7 nitrogen and oxygen atoms in total. The lowest BCUT2D eigenvalue weighted by Crippen LogP contribution is -2.27. The summed E-state index contributed by atoms with van der Waals surface area (Å²) in [4.78, 5) is 12.2. The van der Waals surface area contributed by atoms with Crippen LogP contribution in [0.1, 0.15) is 12.5 Å². The quantitative estimate of drug-likeness (QED) is 0.439. The van der Waals surface area contributed by atoms with Crippen LogP contribution in [0.4, 0.5) is 0 Å². The molecule has 168 valence electrons. The van der Waals surface area contributed by atoms with Gasteiger partial charge in [0.05, 0.1) is 32.3 Å². The number of rotatable bonds is 11. The van der Waals surface area contributed by atoms with Crippen molar-refractivity contribution >= 4 is 17.7 Å². The summed E-state index contributed by atoms with van der Waals surface area (Å²) in [5.74, 6) is 2.43. The lowest BCUT2D eigenvalue weighted by atomic mass is 10.1. The van der Waals surface area contributed by atoms with Crippen molar-refractivity contribution in [2.24, 2.45) is 0 Å². The second kappa shape index (κ2) is 12.0. The first-order chi connectivity index (χ1) is 15.6. The normalized spacial score (nSPS) is 10.5. The molecule has 2 aromatic carbocycles. The van der Waals surface area contributed by atoms with E-state index in [1.165, 1.54) is 11.8 Å². The van der Waals surface area contributed by atoms with Crippen molar-refractivity contribution in [2.45, 2.75) is 18.4 Å². The highest BCUT2D eigenvalue weighted by molar-refractivity contribution is 7.99. The van der Waals surface area contributed by atoms with E-state index in [9.17, 15) is 4.79 Å². The number of hydrogen-bond acceptors (Lipinski definition) is 7. The van der Waals surface area contributed by atoms with Crippen LogP contribution in [0, 0.1) is 0 Å². The maximum Gasteiger partial charge on any atom is 0.230 e. The van der Waals surface area contributed by atoms with E-state index in [1.54, 1.807) is 14.2 Å². The molecule has 8 heteroatoms. The van der Waals surface area contributed by atoms with Gasteiger partial charge in [-0.2, -0.15) is 0 Å². The maximum absolute atomic E-state index is 12.2. The number of nitrogens with zero attached hydrogens (tertiary/aromatic N) is 2. The third kappa shape index (κ3) is 6.62. The summed E-state index contributed by atoms with van der Waals surface area (Å²) in [6.45, 7) is 3.13. The molecule has 0 saturated carbocycles. The predicted molar refractivity (Wildman–Crippen MR) is 126 cm³/mol. The lowest BCUT2D eigenvalue weighted by Gasteiger charge is -2.10. The van der Waals surface area contributed by atoms with Crippen molar-refractivity contribution in [3.63, 3.8) is 0 Å². The summed E-state index contributed by atoms with van der Waals surface area (Å²) in [5, 5.41) is 12.1. The van der Waals surface area contributed by atoms with Crippen molar-refractivity contribution in [1.82, 2.24) is 15.5 Å². The van der Waals surface area contributed by atoms with Crippen LogP contribution in [-0.4, -0.2) is 49.2 Å². The zero-order chi connectivity index (χ0) is 22.8. The van der Waals surface area contributed by atoms with Gasteiger partial charge in [-0.1, -0.05) is 17.8 Å². The van der Waals surface area contributed by atoms with E-state index in [4.69, 9.17) is 14.2 Å². The van der Waals surface area contributed by atoms with Gasteiger partial charge in [0.1, 0.15) is 10.8 Å². The smallest absolute Gasteiger partial charge is 0.230 e. The molecule has 1 amide bonds. The van der Waals surface area contributed by atoms with Crippen molar-refractivity contribution in [2.75, 3.05) is 33.1 Å². The van der Waals surface area contributed by atoms with Crippen molar-refractivity contribution in [3.05, 3.63) is 60.2 Å². The summed E-state index contributed by atoms with van der Waals surface area (Å²) in [6.07, 6.45) is 0.702. The fourth-order valence-electron chi connectivity index (χ4n) is 3.01. The fraction of sp³-hybridized carbons (Fsp3) is 0.292. The number of thioether (sulfide) groups is 1. The van der Waals surface area contributed by atoms with E-state index in [2.05, 4.69) is 15.5 Å². The van der Waals surface area contributed by atoms with E-state index in [1.807, 2.05) is 61.5 Å². The predicted octanol–water partition coefficient (Wildman–Crippen LogP) is 4.01. The van der Waals surface area contributed by atoms with Crippen molar-refractivity contribution in [1.29, 1.82) is 0 Å². The Balaban J connectivity index is 1.43. The highest BCUT2D eigenvalue weighted by atomic mass is 32.2. The maximum atomic E-state index is 12.2. The standard InChI is InChI=1S/C24H27N3O4S/c1-4-31-19-8-6-18(7-9-19)20-10-12-24(27-26-20)32-16-23(28)25-14-13-17-5-11-21(29-2)22(15-17)30-3/h5-12,15H,4,13-14,16H2,1-3H3,(H,25,28). The van der Waals surface area contributed by atoms with Gasteiger partial charge in [0.2, 0.25) is 5.91 Å². The summed E-state index contributed by atoms with van der Waals surface area (Å²) in [5.41, 5.74) is 2.80. The minimum absolute atomic E-state index is 0.0483. The van der Waals surface area contributed by atoms with Gasteiger partial charge in [0.15, 0.2) is 11.5 Å². The number of ether oxygens (including phenoxy) is 3. The Labute approximate surface area is 192 Å². The second-order valence-corrected chi connectivity index (χ2v) is 7.79. The molecule has 0 atom stereocenters. The van der Waals surface area contributed by atoms with Crippen LogP contribution in [0.3, 0.4) is 0 Å². The molecule has 32 heavy (non-hydrogen) atoms. The number of carbonyl (C=O) groups excluding carboxylic acids is 1. The highest BCUT2D eigenvalue weighted by Gasteiger charge is 2.08. The van der Waals surface area contributed by atoms with Crippen LogP contribution in [-0.2, 0) is 11.2 Å². The van der Waals surface area contributed by atoms with Crippen LogP contribution in [0.5, 0.6) is 17.2 Å². The third-order valence-electron chi connectivity index (χ3n) is 4.64. The summed E-state index contributed by atoms with van der Waals surface area (Å²) in [7, 11) is 3.21. The first-order valence-corrected chi connectivity index (χ1v) is 11.3.